The van der Waals surface area contributed by atoms with E-state index >= 15 is 0 Å². The fraction of sp³-hybridized carbons (Fsp3) is 0.412. The van der Waals surface area contributed by atoms with E-state index in [2.05, 4.69) is 9.82 Å². The van der Waals surface area contributed by atoms with Gasteiger partial charge in [0.1, 0.15) is 18.4 Å². The fourth-order valence-electron chi connectivity index (χ4n) is 2.21. The lowest BCUT2D eigenvalue weighted by Crippen LogP contribution is -2.45. The predicted octanol–water partition coefficient (Wildman–Crippen LogP) is 1.44. The molecule has 1 N–H and O–H groups in total. The van der Waals surface area contributed by atoms with Crippen LogP contribution in [0.4, 0.5) is 0 Å². The summed E-state index contributed by atoms with van der Waals surface area (Å²) in [5, 5.41) is 4.01. The lowest BCUT2D eigenvalue weighted by atomic mass is 10.1. The van der Waals surface area contributed by atoms with Crippen LogP contribution >= 0.6 is 0 Å². The Balaban J connectivity index is 2.01. The summed E-state index contributed by atoms with van der Waals surface area (Å²) >= 11 is 0. The molecule has 0 saturated carbocycles. The van der Waals surface area contributed by atoms with Crippen LogP contribution in [-0.2, 0) is 26.1 Å². The highest BCUT2D eigenvalue weighted by atomic mass is 32.2. The van der Waals surface area contributed by atoms with Crippen molar-refractivity contribution >= 4 is 16.0 Å². The van der Waals surface area contributed by atoms with Crippen LogP contribution in [0.5, 0.6) is 5.75 Å². The normalized spacial score (nSPS) is 12.8. The Morgan fingerprint density at radius 2 is 1.96 bits per heavy atom. The van der Waals surface area contributed by atoms with Crippen molar-refractivity contribution in [3.8, 4) is 5.75 Å². The average molecular weight is 381 g/mol. The maximum absolute atomic E-state index is 12.5. The van der Waals surface area contributed by atoms with Gasteiger partial charge in [-0.1, -0.05) is 13.8 Å². The molecule has 1 heterocycles. The Hall–Kier alpha value is -2.39. The molecule has 0 aliphatic rings. The smallest absolute Gasteiger partial charge is 0.324 e. The molecule has 142 valence electrons. The van der Waals surface area contributed by atoms with Gasteiger partial charge < -0.3 is 9.47 Å². The Labute approximate surface area is 153 Å². The molecule has 1 aromatic carbocycles. The van der Waals surface area contributed by atoms with E-state index in [0.717, 1.165) is 0 Å². The molecular weight excluding hydrogens is 358 g/mol. The van der Waals surface area contributed by atoms with Crippen molar-refractivity contribution in [3.63, 3.8) is 0 Å². The molecule has 0 saturated heterocycles. The number of carbonyl (C=O) groups excluding carboxylic acids is 1. The van der Waals surface area contributed by atoms with Gasteiger partial charge in [0.25, 0.3) is 0 Å². The highest BCUT2D eigenvalue weighted by Crippen LogP contribution is 2.17. The van der Waals surface area contributed by atoms with E-state index in [9.17, 15) is 13.2 Å². The number of nitrogens with one attached hydrogen (secondary N) is 1. The summed E-state index contributed by atoms with van der Waals surface area (Å²) in [7, 11) is -2.37. The number of rotatable bonds is 9. The molecule has 2 rings (SSSR count). The summed E-state index contributed by atoms with van der Waals surface area (Å²) in [6.45, 7) is 3.99. The van der Waals surface area contributed by atoms with Gasteiger partial charge in [-0.25, -0.2) is 8.42 Å². The topological polar surface area (TPSA) is 99.5 Å². The van der Waals surface area contributed by atoms with Crippen LogP contribution in [0, 0.1) is 5.92 Å². The third kappa shape index (κ3) is 5.30. The van der Waals surface area contributed by atoms with E-state index in [0.29, 0.717) is 12.3 Å². The second-order valence-electron chi connectivity index (χ2n) is 5.96. The van der Waals surface area contributed by atoms with Crippen molar-refractivity contribution in [2.45, 2.75) is 31.3 Å². The Bertz CT molecular complexity index is 801. The average Bonchev–Trinajstić information content (AvgIpc) is 3.13. The van der Waals surface area contributed by atoms with Gasteiger partial charge in [0.2, 0.25) is 10.0 Å². The minimum atomic E-state index is -3.87. The number of hydrogen-bond acceptors (Lipinski definition) is 6. The third-order valence-corrected chi connectivity index (χ3v) is 5.15. The van der Waals surface area contributed by atoms with E-state index in [-0.39, 0.29) is 17.4 Å². The molecule has 0 bridgehead atoms. The Morgan fingerprint density at radius 3 is 2.50 bits per heavy atom. The molecule has 8 nitrogen and oxygen atoms in total. The van der Waals surface area contributed by atoms with E-state index in [1.54, 1.807) is 49.1 Å². The fourth-order valence-corrected chi connectivity index (χ4v) is 3.54. The second-order valence-corrected chi connectivity index (χ2v) is 7.67. The SMILES string of the molecule is COc1ccc(S(=O)(=O)N[C@H](C(=O)OCCn2cccn2)C(C)C)cc1. The van der Waals surface area contributed by atoms with Crippen molar-refractivity contribution in [3.05, 3.63) is 42.7 Å². The maximum atomic E-state index is 12.5. The molecule has 9 heteroatoms. The van der Waals surface area contributed by atoms with Gasteiger partial charge in [0.05, 0.1) is 18.6 Å². The van der Waals surface area contributed by atoms with Gasteiger partial charge in [0, 0.05) is 12.4 Å². The van der Waals surface area contributed by atoms with Gasteiger partial charge >= 0.3 is 5.97 Å². The molecule has 2 aromatic rings. The molecular formula is C17H23N3O5S. The summed E-state index contributed by atoms with van der Waals surface area (Å²) in [5.74, 6) is -0.355. The van der Waals surface area contributed by atoms with Crippen LogP contribution in [0.15, 0.2) is 47.6 Å². The number of hydrogen-bond donors (Lipinski definition) is 1. The van der Waals surface area contributed by atoms with E-state index < -0.39 is 22.0 Å². The maximum Gasteiger partial charge on any atom is 0.324 e. The van der Waals surface area contributed by atoms with Crippen LogP contribution in [0.2, 0.25) is 0 Å². The number of ether oxygens (including phenoxy) is 2. The van der Waals surface area contributed by atoms with Gasteiger partial charge in [-0.15, -0.1) is 0 Å². The zero-order chi connectivity index (χ0) is 19.2. The van der Waals surface area contributed by atoms with Crippen LogP contribution in [0.1, 0.15) is 13.8 Å². The number of methoxy groups -OCH3 is 1. The van der Waals surface area contributed by atoms with Crippen molar-refractivity contribution in [1.82, 2.24) is 14.5 Å². The minimum absolute atomic E-state index is 0.0493. The molecule has 0 amide bonds. The van der Waals surface area contributed by atoms with Crippen LogP contribution in [0.3, 0.4) is 0 Å². The summed E-state index contributed by atoms with van der Waals surface area (Å²) in [6.07, 6.45) is 3.38. The van der Waals surface area contributed by atoms with Gasteiger partial charge in [-0.05, 0) is 36.2 Å². The quantitative estimate of drug-likeness (QED) is 0.660. The first-order valence-corrected chi connectivity index (χ1v) is 9.62. The van der Waals surface area contributed by atoms with Gasteiger partial charge in [-0.2, -0.15) is 9.82 Å². The molecule has 26 heavy (non-hydrogen) atoms. The Kier molecular flexibility index (Phi) is 6.76. The van der Waals surface area contributed by atoms with Gasteiger partial charge in [0.15, 0.2) is 0 Å². The minimum Gasteiger partial charge on any atom is -0.497 e. The molecule has 0 unspecified atom stereocenters. The first kappa shape index (κ1) is 19.9. The zero-order valence-electron chi connectivity index (χ0n) is 15.0. The lowest BCUT2D eigenvalue weighted by Gasteiger charge is -2.21. The van der Waals surface area contributed by atoms with Crippen molar-refractivity contribution in [1.29, 1.82) is 0 Å². The highest BCUT2D eigenvalue weighted by molar-refractivity contribution is 7.89. The molecule has 0 spiro atoms. The number of esters is 1. The number of benzene rings is 1. The van der Waals surface area contributed by atoms with E-state index in [1.807, 2.05) is 0 Å². The summed E-state index contributed by atoms with van der Waals surface area (Å²) in [6, 6.07) is 6.70. The van der Waals surface area contributed by atoms with Crippen molar-refractivity contribution in [2.24, 2.45) is 5.92 Å². The first-order chi connectivity index (χ1) is 12.3. The van der Waals surface area contributed by atoms with Gasteiger partial charge in [-0.3, -0.25) is 9.48 Å². The predicted molar refractivity (Wildman–Crippen MR) is 95.1 cm³/mol. The third-order valence-electron chi connectivity index (χ3n) is 3.70. The Morgan fingerprint density at radius 1 is 1.27 bits per heavy atom. The monoisotopic (exact) mass is 381 g/mol. The number of nitrogens with zero attached hydrogens (tertiary/aromatic N) is 2. The van der Waals surface area contributed by atoms with E-state index in [1.165, 1.54) is 19.2 Å². The summed E-state index contributed by atoms with van der Waals surface area (Å²) in [4.78, 5) is 12.4. The molecule has 0 radical (unpaired) electrons. The first-order valence-electron chi connectivity index (χ1n) is 8.14. The number of sulfonamides is 1. The van der Waals surface area contributed by atoms with Crippen molar-refractivity contribution < 1.29 is 22.7 Å². The second kappa shape index (κ2) is 8.81. The molecule has 0 aliphatic carbocycles. The van der Waals surface area contributed by atoms with E-state index in [4.69, 9.17) is 9.47 Å². The largest absolute Gasteiger partial charge is 0.497 e. The highest BCUT2D eigenvalue weighted by Gasteiger charge is 2.29. The van der Waals surface area contributed by atoms with Crippen LogP contribution < -0.4 is 9.46 Å². The molecule has 0 fully saturated rings. The molecule has 1 aromatic heterocycles. The van der Waals surface area contributed by atoms with Crippen molar-refractivity contribution in [2.75, 3.05) is 13.7 Å². The number of aromatic nitrogens is 2. The lowest BCUT2D eigenvalue weighted by molar-refractivity contribution is -0.147. The molecule has 0 aliphatic heterocycles. The molecule has 1 atom stereocenters. The standard InChI is InChI=1S/C17H23N3O5S/c1-13(2)16(17(21)25-12-11-20-10-4-9-18-20)19-26(22,23)15-7-5-14(24-3)6-8-15/h4-10,13,16,19H,11-12H2,1-3H3/t16-/m0/s1. The number of carbonyl (C=O) groups is 1. The van der Waals surface area contributed by atoms with Crippen LogP contribution in [-0.4, -0.2) is 43.9 Å². The zero-order valence-corrected chi connectivity index (χ0v) is 15.8. The summed E-state index contributed by atoms with van der Waals surface area (Å²) < 4.78 is 39.4. The summed E-state index contributed by atoms with van der Waals surface area (Å²) in [5.41, 5.74) is 0. The van der Waals surface area contributed by atoms with Crippen LogP contribution in [0.25, 0.3) is 0 Å².